The lowest BCUT2D eigenvalue weighted by Crippen LogP contribution is -2.21. The van der Waals surface area contributed by atoms with E-state index in [9.17, 15) is 15.3 Å². The van der Waals surface area contributed by atoms with Crippen molar-refractivity contribution >= 4 is 29.4 Å². The van der Waals surface area contributed by atoms with Crippen LogP contribution >= 0.6 is 23.2 Å². The normalized spacial score (nSPS) is 10.9. The maximum Gasteiger partial charge on any atom is 0.289 e. The van der Waals surface area contributed by atoms with Gasteiger partial charge in [0.25, 0.3) is 5.56 Å². The molecule has 0 spiro atoms. The van der Waals surface area contributed by atoms with E-state index in [0.717, 1.165) is 10.2 Å². The number of rotatable bonds is 4. The molecule has 5 nitrogen and oxygen atoms in total. The van der Waals surface area contributed by atoms with Crippen LogP contribution < -0.4 is 5.56 Å². The van der Waals surface area contributed by atoms with Crippen LogP contribution in [0.5, 0.6) is 0 Å². The van der Waals surface area contributed by atoms with Crippen LogP contribution in [0, 0.1) is 22.7 Å². The molecule has 0 aliphatic rings. The summed E-state index contributed by atoms with van der Waals surface area (Å²) in [6.45, 7) is 4.14. The van der Waals surface area contributed by atoms with E-state index in [4.69, 9.17) is 23.2 Å². The van der Waals surface area contributed by atoms with Crippen molar-refractivity contribution in [2.24, 2.45) is 5.10 Å². The fourth-order valence-corrected chi connectivity index (χ4v) is 3.53. The van der Waals surface area contributed by atoms with Gasteiger partial charge in [0.1, 0.15) is 17.7 Å². The maximum atomic E-state index is 12.9. The Labute approximate surface area is 184 Å². The molecular formula is C23H16Cl2N4O. The summed E-state index contributed by atoms with van der Waals surface area (Å²) in [5.74, 6) is 0.340. The Morgan fingerprint density at radius 1 is 1.03 bits per heavy atom. The van der Waals surface area contributed by atoms with Gasteiger partial charge in [0.2, 0.25) is 0 Å². The van der Waals surface area contributed by atoms with Crippen molar-refractivity contribution in [1.29, 1.82) is 10.5 Å². The predicted molar refractivity (Wildman–Crippen MR) is 119 cm³/mol. The molecule has 0 radical (unpaired) electrons. The van der Waals surface area contributed by atoms with Gasteiger partial charge in [-0.3, -0.25) is 4.79 Å². The van der Waals surface area contributed by atoms with Gasteiger partial charge in [0, 0.05) is 15.6 Å². The standard InChI is InChI=1S/C23H16Cl2N4O/c1-14(2)16-3-5-17(6-4-16)22-18(10-26)13-29(23(30)21(22)11-27)28-12-15-7-19(24)9-20(25)8-15/h3-9,12-14H,1-2H3. The molecule has 148 valence electrons. The lowest BCUT2D eigenvalue weighted by atomic mass is 9.94. The molecule has 0 bridgehead atoms. The first-order chi connectivity index (χ1) is 14.3. The Balaban J connectivity index is 2.13. The number of benzene rings is 2. The van der Waals surface area contributed by atoms with Gasteiger partial charge in [-0.1, -0.05) is 61.3 Å². The topological polar surface area (TPSA) is 81.9 Å². The second-order valence-electron chi connectivity index (χ2n) is 6.89. The summed E-state index contributed by atoms with van der Waals surface area (Å²) < 4.78 is 0.970. The van der Waals surface area contributed by atoms with Crippen LogP contribution in [0.15, 0.2) is 58.6 Å². The van der Waals surface area contributed by atoms with Crippen LogP contribution in [-0.2, 0) is 0 Å². The highest BCUT2D eigenvalue weighted by molar-refractivity contribution is 6.35. The number of pyridine rings is 1. The largest absolute Gasteiger partial charge is 0.289 e. The zero-order valence-corrected chi connectivity index (χ0v) is 17.7. The smallest absolute Gasteiger partial charge is 0.266 e. The molecule has 0 atom stereocenters. The molecule has 1 heterocycles. The van der Waals surface area contributed by atoms with Crippen molar-refractivity contribution in [3.05, 3.63) is 91.3 Å². The first kappa shape index (κ1) is 21.3. The van der Waals surface area contributed by atoms with E-state index in [2.05, 4.69) is 25.0 Å². The van der Waals surface area contributed by atoms with E-state index in [0.29, 0.717) is 32.7 Å². The van der Waals surface area contributed by atoms with Gasteiger partial charge in [-0.25, -0.2) is 4.68 Å². The molecule has 1 aromatic heterocycles. The summed E-state index contributed by atoms with van der Waals surface area (Å²) in [7, 11) is 0. The van der Waals surface area contributed by atoms with Crippen LogP contribution in [0.1, 0.15) is 42.0 Å². The second-order valence-corrected chi connectivity index (χ2v) is 7.76. The third kappa shape index (κ3) is 4.44. The van der Waals surface area contributed by atoms with Gasteiger partial charge < -0.3 is 0 Å². The van der Waals surface area contributed by atoms with Gasteiger partial charge in [-0.2, -0.15) is 15.6 Å². The first-order valence-corrected chi connectivity index (χ1v) is 9.80. The van der Waals surface area contributed by atoms with Crippen molar-refractivity contribution in [2.45, 2.75) is 19.8 Å². The lowest BCUT2D eigenvalue weighted by Gasteiger charge is -2.11. The molecule has 7 heteroatoms. The van der Waals surface area contributed by atoms with E-state index >= 15 is 0 Å². The lowest BCUT2D eigenvalue weighted by molar-refractivity contribution is 0.826. The fraction of sp³-hybridized carbons (Fsp3) is 0.130. The monoisotopic (exact) mass is 434 g/mol. The Hall–Kier alpha value is -3.38. The molecule has 0 N–H and O–H groups in total. The highest BCUT2D eigenvalue weighted by atomic mass is 35.5. The molecule has 0 saturated carbocycles. The predicted octanol–water partition coefficient (Wildman–Crippen LogP) is 5.57. The molecule has 2 aromatic carbocycles. The Morgan fingerprint density at radius 2 is 1.67 bits per heavy atom. The Morgan fingerprint density at radius 3 is 2.20 bits per heavy atom. The van der Waals surface area contributed by atoms with Crippen LogP contribution in [0.2, 0.25) is 10.0 Å². The molecule has 0 fully saturated rings. The molecule has 3 rings (SSSR count). The van der Waals surface area contributed by atoms with E-state index in [-0.39, 0.29) is 11.1 Å². The summed E-state index contributed by atoms with van der Waals surface area (Å²) in [4.78, 5) is 12.9. The summed E-state index contributed by atoms with van der Waals surface area (Å²) >= 11 is 12.0. The molecule has 0 saturated heterocycles. The number of nitrogens with zero attached hydrogens (tertiary/aromatic N) is 4. The summed E-state index contributed by atoms with van der Waals surface area (Å²) in [5, 5.41) is 24.3. The summed E-state index contributed by atoms with van der Waals surface area (Å²) in [6.07, 6.45) is 2.70. The highest BCUT2D eigenvalue weighted by Crippen LogP contribution is 2.27. The molecule has 0 unspecified atom stereocenters. The Kier molecular flexibility index (Phi) is 6.37. The van der Waals surface area contributed by atoms with Gasteiger partial charge in [0.15, 0.2) is 0 Å². The van der Waals surface area contributed by atoms with E-state index < -0.39 is 5.56 Å². The summed E-state index contributed by atoms with van der Waals surface area (Å²) in [6, 6.07) is 16.3. The molecule has 3 aromatic rings. The third-order valence-electron chi connectivity index (χ3n) is 4.51. The van der Waals surface area contributed by atoms with Gasteiger partial charge in [0.05, 0.1) is 18.0 Å². The summed E-state index contributed by atoms with van der Waals surface area (Å²) in [5.41, 5.74) is 2.03. The van der Waals surface area contributed by atoms with Crippen molar-refractivity contribution in [3.8, 4) is 23.3 Å². The van der Waals surface area contributed by atoms with Crippen LogP contribution in [0.4, 0.5) is 0 Å². The van der Waals surface area contributed by atoms with Gasteiger partial charge in [-0.05, 0) is 40.8 Å². The van der Waals surface area contributed by atoms with Crippen molar-refractivity contribution in [2.75, 3.05) is 0 Å². The molecule has 0 aliphatic carbocycles. The fourth-order valence-electron chi connectivity index (χ4n) is 2.99. The van der Waals surface area contributed by atoms with Crippen LogP contribution in [0.3, 0.4) is 0 Å². The van der Waals surface area contributed by atoms with Crippen molar-refractivity contribution < 1.29 is 0 Å². The minimum Gasteiger partial charge on any atom is -0.266 e. The number of hydrogen-bond acceptors (Lipinski definition) is 4. The van der Waals surface area contributed by atoms with Crippen LogP contribution in [0.25, 0.3) is 11.1 Å². The van der Waals surface area contributed by atoms with E-state index in [1.807, 2.05) is 30.3 Å². The van der Waals surface area contributed by atoms with Crippen molar-refractivity contribution in [3.63, 3.8) is 0 Å². The molecule has 0 amide bonds. The van der Waals surface area contributed by atoms with Gasteiger partial charge in [-0.15, -0.1) is 0 Å². The number of nitriles is 2. The highest BCUT2D eigenvalue weighted by Gasteiger charge is 2.17. The van der Waals surface area contributed by atoms with E-state index in [1.165, 1.54) is 12.4 Å². The molecule has 30 heavy (non-hydrogen) atoms. The zero-order valence-electron chi connectivity index (χ0n) is 16.2. The zero-order chi connectivity index (χ0) is 21.8. The van der Waals surface area contributed by atoms with Crippen molar-refractivity contribution in [1.82, 2.24) is 4.68 Å². The van der Waals surface area contributed by atoms with E-state index in [1.54, 1.807) is 18.2 Å². The minimum atomic E-state index is -0.621. The van der Waals surface area contributed by atoms with Crippen LogP contribution in [-0.4, -0.2) is 10.9 Å². The second kappa shape index (κ2) is 8.97. The SMILES string of the molecule is CC(C)c1ccc(-c2c(C#N)cn(N=Cc3cc(Cl)cc(Cl)c3)c(=O)c2C#N)cc1. The quantitative estimate of drug-likeness (QED) is 0.503. The number of halogens is 2. The first-order valence-electron chi connectivity index (χ1n) is 9.04. The average Bonchev–Trinajstić information content (AvgIpc) is 2.71. The number of aromatic nitrogens is 1. The third-order valence-corrected chi connectivity index (χ3v) is 4.94. The minimum absolute atomic E-state index is 0.146. The Bertz CT molecular complexity index is 1260. The average molecular weight is 435 g/mol. The maximum absolute atomic E-state index is 12.9. The molecular weight excluding hydrogens is 419 g/mol. The number of hydrogen-bond donors (Lipinski definition) is 0. The van der Waals surface area contributed by atoms with Gasteiger partial charge >= 0.3 is 0 Å². The molecule has 0 aliphatic heterocycles.